The summed E-state index contributed by atoms with van der Waals surface area (Å²) in [6.45, 7) is 0. The van der Waals surface area contributed by atoms with Crippen molar-refractivity contribution in [1.82, 2.24) is 10.1 Å². The highest BCUT2D eigenvalue weighted by atomic mass is 32.2. The molecule has 0 atom stereocenters. The maximum Gasteiger partial charge on any atom is 0.279 e. The molecule has 2 aromatic heterocycles. The van der Waals surface area contributed by atoms with Crippen molar-refractivity contribution in [3.63, 3.8) is 0 Å². The molecule has 0 aliphatic carbocycles. The lowest BCUT2D eigenvalue weighted by Crippen LogP contribution is -2.14. The first kappa shape index (κ1) is 16.3. The van der Waals surface area contributed by atoms with Gasteiger partial charge in [0, 0.05) is 21.8 Å². The van der Waals surface area contributed by atoms with Gasteiger partial charge in [0.15, 0.2) is 16.6 Å². The summed E-state index contributed by atoms with van der Waals surface area (Å²) in [5.74, 6) is 1.76. The van der Waals surface area contributed by atoms with E-state index in [2.05, 4.69) is 15.5 Å². The van der Waals surface area contributed by atoms with Crippen LogP contribution < -0.4 is 10.1 Å². The SMILES string of the molecule is COc1ccc2nc(NC(=O)c3noc4c3CSc3ccccc3-4)sc2c1. The predicted octanol–water partition coefficient (Wildman–Crippen LogP) is 4.82. The molecule has 6 nitrogen and oxygen atoms in total. The Morgan fingerprint density at radius 2 is 2.15 bits per heavy atom. The highest BCUT2D eigenvalue weighted by Crippen LogP contribution is 2.42. The maximum atomic E-state index is 12.8. The summed E-state index contributed by atoms with van der Waals surface area (Å²) >= 11 is 3.07. The van der Waals surface area contributed by atoms with Crippen LogP contribution in [0.1, 0.15) is 16.1 Å². The maximum absolute atomic E-state index is 12.8. The number of hydrogen-bond donors (Lipinski definition) is 1. The van der Waals surface area contributed by atoms with Crippen LogP contribution in [0, 0.1) is 0 Å². The minimum atomic E-state index is -0.314. The van der Waals surface area contributed by atoms with E-state index in [4.69, 9.17) is 9.26 Å². The van der Waals surface area contributed by atoms with E-state index in [0.717, 1.165) is 32.0 Å². The van der Waals surface area contributed by atoms with E-state index in [0.29, 0.717) is 22.3 Å². The van der Waals surface area contributed by atoms with Gasteiger partial charge in [-0.2, -0.15) is 0 Å². The Balaban J connectivity index is 1.45. The molecular formula is C19H13N3O3S2. The molecule has 5 rings (SSSR count). The molecule has 0 fully saturated rings. The average molecular weight is 395 g/mol. The molecule has 1 N–H and O–H groups in total. The van der Waals surface area contributed by atoms with Crippen LogP contribution in [0.3, 0.4) is 0 Å². The fraction of sp³-hybridized carbons (Fsp3) is 0.105. The number of nitrogens with one attached hydrogen (secondary N) is 1. The summed E-state index contributed by atoms with van der Waals surface area (Å²) in [5, 5.41) is 7.39. The number of anilines is 1. The van der Waals surface area contributed by atoms with Gasteiger partial charge < -0.3 is 9.26 Å². The van der Waals surface area contributed by atoms with Crippen molar-refractivity contribution in [2.45, 2.75) is 10.6 Å². The van der Waals surface area contributed by atoms with E-state index < -0.39 is 0 Å². The zero-order chi connectivity index (χ0) is 18.4. The van der Waals surface area contributed by atoms with Crippen LogP contribution in [0.25, 0.3) is 21.5 Å². The number of nitrogens with zero attached hydrogens (tertiary/aromatic N) is 2. The first-order valence-corrected chi connectivity index (χ1v) is 10.00. The van der Waals surface area contributed by atoms with Crippen LogP contribution in [0.4, 0.5) is 5.13 Å². The van der Waals surface area contributed by atoms with Gasteiger partial charge in [0.25, 0.3) is 5.91 Å². The lowest BCUT2D eigenvalue weighted by molar-refractivity contribution is 0.101. The fourth-order valence-electron chi connectivity index (χ4n) is 3.00. The van der Waals surface area contributed by atoms with Crippen LogP contribution in [0.5, 0.6) is 5.75 Å². The van der Waals surface area contributed by atoms with Gasteiger partial charge in [0.1, 0.15) is 5.75 Å². The number of thioether (sulfide) groups is 1. The first-order chi connectivity index (χ1) is 13.2. The van der Waals surface area contributed by atoms with E-state index in [1.165, 1.54) is 11.3 Å². The Kier molecular flexibility index (Phi) is 3.87. The summed E-state index contributed by atoms with van der Waals surface area (Å²) in [4.78, 5) is 18.3. The number of rotatable bonds is 3. The molecule has 3 heterocycles. The molecule has 134 valence electrons. The number of aromatic nitrogens is 2. The minimum Gasteiger partial charge on any atom is -0.497 e. The smallest absolute Gasteiger partial charge is 0.279 e. The second-order valence-electron chi connectivity index (χ2n) is 5.93. The Morgan fingerprint density at radius 1 is 1.26 bits per heavy atom. The standard InChI is InChI=1S/C19H13N3O3S2/c1-24-10-6-7-13-15(8-10)27-19(20-13)21-18(23)16-12-9-26-14-5-3-2-4-11(14)17(12)25-22-16/h2-8H,9H2,1H3,(H,20,21,23). The molecule has 0 bridgehead atoms. The number of carbonyl (C=O) groups is 1. The Labute approximate surface area is 162 Å². The summed E-state index contributed by atoms with van der Waals surface area (Å²) in [6.07, 6.45) is 0. The summed E-state index contributed by atoms with van der Waals surface area (Å²) < 4.78 is 11.7. The van der Waals surface area contributed by atoms with Gasteiger partial charge in [-0.25, -0.2) is 4.98 Å². The largest absolute Gasteiger partial charge is 0.497 e. The van der Waals surface area contributed by atoms with Gasteiger partial charge in [0.05, 0.1) is 17.3 Å². The molecule has 1 aliphatic heterocycles. The van der Waals surface area contributed by atoms with Crippen molar-refractivity contribution in [1.29, 1.82) is 0 Å². The molecule has 0 saturated carbocycles. The van der Waals surface area contributed by atoms with E-state index >= 15 is 0 Å². The number of benzene rings is 2. The third kappa shape index (κ3) is 2.77. The molecule has 8 heteroatoms. The van der Waals surface area contributed by atoms with Crippen molar-refractivity contribution in [2.75, 3.05) is 12.4 Å². The zero-order valence-electron chi connectivity index (χ0n) is 14.2. The van der Waals surface area contributed by atoms with E-state index in [-0.39, 0.29) is 5.91 Å². The second-order valence-corrected chi connectivity index (χ2v) is 7.98. The summed E-state index contributed by atoms with van der Waals surface area (Å²) in [5.41, 5.74) is 2.91. The van der Waals surface area contributed by atoms with Gasteiger partial charge in [-0.1, -0.05) is 28.6 Å². The molecule has 27 heavy (non-hydrogen) atoms. The number of thiazole rings is 1. The number of carbonyl (C=O) groups excluding carboxylic acids is 1. The fourth-order valence-corrected chi connectivity index (χ4v) is 4.95. The number of hydrogen-bond acceptors (Lipinski definition) is 7. The van der Waals surface area contributed by atoms with E-state index in [9.17, 15) is 4.79 Å². The average Bonchev–Trinajstić information content (AvgIpc) is 3.30. The van der Waals surface area contributed by atoms with Crippen LogP contribution in [-0.4, -0.2) is 23.2 Å². The molecule has 1 amide bonds. The van der Waals surface area contributed by atoms with Crippen molar-refractivity contribution < 1.29 is 14.1 Å². The zero-order valence-corrected chi connectivity index (χ0v) is 15.8. The van der Waals surface area contributed by atoms with Crippen molar-refractivity contribution in [3.05, 3.63) is 53.7 Å². The monoisotopic (exact) mass is 395 g/mol. The normalized spacial score (nSPS) is 12.5. The highest BCUT2D eigenvalue weighted by Gasteiger charge is 2.28. The molecule has 4 aromatic rings. The Morgan fingerprint density at radius 3 is 3.04 bits per heavy atom. The Hall–Kier alpha value is -2.84. The van der Waals surface area contributed by atoms with Crippen LogP contribution in [0.2, 0.25) is 0 Å². The molecule has 2 aromatic carbocycles. The second kappa shape index (κ2) is 6.40. The first-order valence-electron chi connectivity index (χ1n) is 8.19. The van der Waals surface area contributed by atoms with Crippen molar-refractivity contribution in [3.8, 4) is 17.1 Å². The Bertz CT molecular complexity index is 1180. The van der Waals surface area contributed by atoms with Gasteiger partial charge in [-0.3, -0.25) is 10.1 Å². The topological polar surface area (TPSA) is 77.2 Å². The highest BCUT2D eigenvalue weighted by molar-refractivity contribution is 7.98. The van der Waals surface area contributed by atoms with Gasteiger partial charge in [-0.05, 0) is 30.3 Å². The van der Waals surface area contributed by atoms with Gasteiger partial charge in [-0.15, -0.1) is 11.8 Å². The number of methoxy groups -OCH3 is 1. The van der Waals surface area contributed by atoms with Crippen LogP contribution in [0.15, 0.2) is 51.9 Å². The third-order valence-electron chi connectivity index (χ3n) is 4.32. The molecule has 0 spiro atoms. The molecule has 0 unspecified atom stereocenters. The van der Waals surface area contributed by atoms with Crippen molar-refractivity contribution >= 4 is 44.4 Å². The van der Waals surface area contributed by atoms with Gasteiger partial charge >= 0.3 is 0 Å². The van der Waals surface area contributed by atoms with Gasteiger partial charge in [0.2, 0.25) is 0 Å². The van der Waals surface area contributed by atoms with E-state index in [1.54, 1.807) is 18.9 Å². The number of ether oxygens (including phenoxy) is 1. The van der Waals surface area contributed by atoms with Crippen LogP contribution >= 0.6 is 23.1 Å². The summed E-state index contributed by atoms with van der Waals surface area (Å²) in [6, 6.07) is 13.6. The predicted molar refractivity (Wildman–Crippen MR) is 106 cm³/mol. The lowest BCUT2D eigenvalue weighted by atomic mass is 10.1. The minimum absolute atomic E-state index is 0.309. The quantitative estimate of drug-likeness (QED) is 0.536. The van der Waals surface area contributed by atoms with Crippen molar-refractivity contribution in [2.24, 2.45) is 0 Å². The summed E-state index contributed by atoms with van der Waals surface area (Å²) in [7, 11) is 1.62. The molecule has 1 aliphatic rings. The third-order valence-corrected chi connectivity index (χ3v) is 6.36. The molecule has 0 radical (unpaired) electrons. The molecule has 0 saturated heterocycles. The lowest BCUT2D eigenvalue weighted by Gasteiger charge is -2.13. The molecular weight excluding hydrogens is 382 g/mol. The number of fused-ring (bicyclic) bond motifs is 4. The van der Waals surface area contributed by atoms with E-state index in [1.807, 2.05) is 42.5 Å². The van der Waals surface area contributed by atoms with Crippen LogP contribution in [-0.2, 0) is 5.75 Å². The number of amides is 1.